The number of halogens is 2. The van der Waals surface area contributed by atoms with E-state index < -0.39 is 23.5 Å². The summed E-state index contributed by atoms with van der Waals surface area (Å²) >= 11 is 0. The number of carbonyl (C=O) groups excluding carboxylic acids is 2. The van der Waals surface area contributed by atoms with Crippen LogP contribution in [0.15, 0.2) is 42.5 Å². The molecule has 3 rings (SSSR count). The molecule has 2 aromatic rings. The van der Waals surface area contributed by atoms with Gasteiger partial charge in [0.15, 0.2) is 0 Å². The molecule has 0 aliphatic carbocycles. The summed E-state index contributed by atoms with van der Waals surface area (Å²) in [6.45, 7) is 0.205. The zero-order chi connectivity index (χ0) is 18.0. The molecule has 1 heterocycles. The Morgan fingerprint density at radius 2 is 1.92 bits per heavy atom. The molecule has 1 aliphatic heterocycles. The number of hydrogen-bond acceptors (Lipinski definition) is 2. The van der Waals surface area contributed by atoms with Gasteiger partial charge in [-0.15, -0.1) is 0 Å². The molecule has 0 spiro atoms. The molecule has 6 heteroatoms. The van der Waals surface area contributed by atoms with Gasteiger partial charge in [0.2, 0.25) is 11.8 Å². The summed E-state index contributed by atoms with van der Waals surface area (Å²) in [5, 5.41) is 0. The number of primary amides is 1. The average Bonchev–Trinajstić information content (AvgIpc) is 2.61. The fraction of sp³-hybridized carbons (Fsp3) is 0.263. The van der Waals surface area contributed by atoms with E-state index in [1.54, 1.807) is 0 Å². The Kier molecular flexibility index (Phi) is 4.79. The summed E-state index contributed by atoms with van der Waals surface area (Å²) in [7, 11) is 0. The number of anilines is 1. The molecule has 1 aliphatic rings. The highest BCUT2D eigenvalue weighted by molar-refractivity contribution is 5.96. The molecule has 0 bridgehead atoms. The number of nitrogens with two attached hydrogens (primary N) is 1. The van der Waals surface area contributed by atoms with Gasteiger partial charge in [0.25, 0.3) is 0 Å². The Bertz CT molecular complexity index is 823. The standard InChI is InChI=1S/C19H18F2N2O2/c20-15-6-7-16(21)12(10-15)5-8-18(24)23-11-14(19(22)25)9-13-3-1-2-4-17(13)23/h1-4,6-7,10,14H,5,8-9,11H2,(H2,22,25)/t14-/m0/s1. The Morgan fingerprint density at radius 1 is 1.16 bits per heavy atom. The van der Waals surface area contributed by atoms with Crippen molar-refractivity contribution in [3.8, 4) is 0 Å². The van der Waals surface area contributed by atoms with E-state index >= 15 is 0 Å². The van der Waals surface area contributed by atoms with Crippen LogP contribution < -0.4 is 10.6 Å². The van der Waals surface area contributed by atoms with Gasteiger partial charge in [-0.3, -0.25) is 9.59 Å². The van der Waals surface area contributed by atoms with E-state index in [0.717, 1.165) is 29.4 Å². The van der Waals surface area contributed by atoms with E-state index in [0.29, 0.717) is 6.42 Å². The normalized spacial score (nSPS) is 16.4. The fourth-order valence-corrected chi connectivity index (χ4v) is 3.13. The van der Waals surface area contributed by atoms with Crippen molar-refractivity contribution >= 4 is 17.5 Å². The maximum Gasteiger partial charge on any atom is 0.227 e. The predicted molar refractivity (Wildman–Crippen MR) is 89.9 cm³/mol. The van der Waals surface area contributed by atoms with Gasteiger partial charge in [0, 0.05) is 18.7 Å². The van der Waals surface area contributed by atoms with Crippen LogP contribution in [-0.2, 0) is 22.4 Å². The van der Waals surface area contributed by atoms with E-state index in [1.807, 2.05) is 24.3 Å². The number of hydrogen-bond donors (Lipinski definition) is 1. The van der Waals surface area contributed by atoms with Gasteiger partial charge >= 0.3 is 0 Å². The number of para-hydroxylation sites is 1. The molecule has 1 atom stereocenters. The first-order valence-electron chi connectivity index (χ1n) is 8.07. The van der Waals surface area contributed by atoms with Crippen molar-refractivity contribution in [2.45, 2.75) is 19.3 Å². The number of carbonyl (C=O) groups is 2. The van der Waals surface area contributed by atoms with Crippen LogP contribution in [0.1, 0.15) is 17.5 Å². The molecule has 0 unspecified atom stereocenters. The molecule has 0 radical (unpaired) electrons. The zero-order valence-corrected chi connectivity index (χ0v) is 13.5. The maximum atomic E-state index is 13.7. The SMILES string of the molecule is NC(=O)[C@H]1Cc2ccccc2N(C(=O)CCc2cc(F)ccc2F)C1. The van der Waals surface area contributed by atoms with Crippen molar-refractivity contribution in [2.24, 2.45) is 11.7 Å². The highest BCUT2D eigenvalue weighted by Gasteiger charge is 2.30. The van der Waals surface area contributed by atoms with Crippen LogP contribution in [0.2, 0.25) is 0 Å². The molecule has 2 aromatic carbocycles. The Morgan fingerprint density at radius 3 is 2.68 bits per heavy atom. The first-order valence-corrected chi connectivity index (χ1v) is 8.07. The lowest BCUT2D eigenvalue weighted by molar-refractivity contribution is -0.122. The second-order valence-electron chi connectivity index (χ2n) is 6.17. The van der Waals surface area contributed by atoms with E-state index in [4.69, 9.17) is 5.73 Å². The van der Waals surface area contributed by atoms with Crippen molar-refractivity contribution in [1.82, 2.24) is 0 Å². The monoisotopic (exact) mass is 344 g/mol. The fourth-order valence-electron chi connectivity index (χ4n) is 3.13. The van der Waals surface area contributed by atoms with E-state index in [1.165, 1.54) is 4.90 Å². The molecule has 0 fully saturated rings. The van der Waals surface area contributed by atoms with Crippen molar-refractivity contribution in [1.29, 1.82) is 0 Å². The topological polar surface area (TPSA) is 63.4 Å². The summed E-state index contributed by atoms with van der Waals surface area (Å²) < 4.78 is 27.0. The number of nitrogens with zero attached hydrogens (tertiary/aromatic N) is 1. The van der Waals surface area contributed by atoms with Crippen LogP contribution in [0.5, 0.6) is 0 Å². The van der Waals surface area contributed by atoms with Gasteiger partial charge in [-0.25, -0.2) is 8.78 Å². The quantitative estimate of drug-likeness (QED) is 0.927. The molecular weight excluding hydrogens is 326 g/mol. The lowest BCUT2D eigenvalue weighted by Crippen LogP contribution is -2.44. The van der Waals surface area contributed by atoms with Crippen molar-refractivity contribution < 1.29 is 18.4 Å². The van der Waals surface area contributed by atoms with Gasteiger partial charge in [0.05, 0.1) is 5.92 Å². The highest BCUT2D eigenvalue weighted by Crippen LogP contribution is 2.30. The number of amides is 2. The van der Waals surface area contributed by atoms with Crippen LogP contribution in [0.4, 0.5) is 14.5 Å². The largest absolute Gasteiger partial charge is 0.369 e. The number of rotatable bonds is 4. The third-order valence-electron chi connectivity index (χ3n) is 4.47. The number of aryl methyl sites for hydroxylation is 1. The summed E-state index contributed by atoms with van der Waals surface area (Å²) in [6.07, 6.45) is 0.594. The molecular formula is C19H18F2N2O2. The molecule has 2 amide bonds. The lowest BCUT2D eigenvalue weighted by Gasteiger charge is -2.33. The minimum absolute atomic E-state index is 0.0141. The second kappa shape index (κ2) is 7.01. The predicted octanol–water partition coefficient (Wildman–Crippen LogP) is 2.59. The Hall–Kier alpha value is -2.76. The number of fused-ring (bicyclic) bond motifs is 1. The lowest BCUT2D eigenvalue weighted by atomic mass is 9.91. The third-order valence-corrected chi connectivity index (χ3v) is 4.47. The molecule has 4 nitrogen and oxygen atoms in total. The molecule has 2 N–H and O–H groups in total. The minimum atomic E-state index is -0.541. The Balaban J connectivity index is 1.78. The molecule has 0 saturated heterocycles. The zero-order valence-electron chi connectivity index (χ0n) is 13.5. The van der Waals surface area contributed by atoms with Gasteiger partial charge in [-0.1, -0.05) is 18.2 Å². The Labute approximate surface area is 144 Å². The summed E-state index contributed by atoms with van der Waals surface area (Å²) in [6, 6.07) is 10.5. The van der Waals surface area contributed by atoms with E-state index in [-0.39, 0.29) is 30.9 Å². The molecule has 130 valence electrons. The summed E-state index contributed by atoms with van der Waals surface area (Å²) in [5.74, 6) is -2.24. The van der Waals surface area contributed by atoms with E-state index in [9.17, 15) is 18.4 Å². The van der Waals surface area contributed by atoms with Crippen LogP contribution in [0.3, 0.4) is 0 Å². The van der Waals surface area contributed by atoms with Crippen molar-refractivity contribution in [2.75, 3.05) is 11.4 Å². The van der Waals surface area contributed by atoms with Gasteiger partial charge in [0.1, 0.15) is 11.6 Å². The second-order valence-corrected chi connectivity index (χ2v) is 6.17. The van der Waals surface area contributed by atoms with E-state index in [2.05, 4.69) is 0 Å². The summed E-state index contributed by atoms with van der Waals surface area (Å²) in [5.41, 5.74) is 7.20. The number of benzene rings is 2. The van der Waals surface area contributed by atoms with Crippen LogP contribution in [0, 0.1) is 17.6 Å². The first-order chi connectivity index (χ1) is 12.0. The van der Waals surface area contributed by atoms with Crippen molar-refractivity contribution in [3.63, 3.8) is 0 Å². The smallest absolute Gasteiger partial charge is 0.227 e. The van der Waals surface area contributed by atoms with Crippen molar-refractivity contribution in [3.05, 3.63) is 65.2 Å². The first kappa shape index (κ1) is 17.1. The van der Waals surface area contributed by atoms with Gasteiger partial charge in [-0.05, 0) is 48.2 Å². The third kappa shape index (κ3) is 3.68. The molecule has 0 aromatic heterocycles. The average molecular weight is 344 g/mol. The van der Waals surface area contributed by atoms with Crippen LogP contribution in [0.25, 0.3) is 0 Å². The molecule has 25 heavy (non-hydrogen) atoms. The van der Waals surface area contributed by atoms with Gasteiger partial charge in [-0.2, -0.15) is 0 Å². The summed E-state index contributed by atoms with van der Waals surface area (Å²) in [4.78, 5) is 25.8. The molecule has 0 saturated carbocycles. The maximum absolute atomic E-state index is 13.7. The minimum Gasteiger partial charge on any atom is -0.369 e. The van der Waals surface area contributed by atoms with Gasteiger partial charge < -0.3 is 10.6 Å². The van der Waals surface area contributed by atoms with Crippen LogP contribution in [-0.4, -0.2) is 18.4 Å². The van der Waals surface area contributed by atoms with Crippen LogP contribution >= 0.6 is 0 Å². The highest BCUT2D eigenvalue weighted by atomic mass is 19.1.